The van der Waals surface area contributed by atoms with Gasteiger partial charge in [-0.1, -0.05) is 18.2 Å². The second-order valence-electron chi connectivity index (χ2n) is 8.65. The highest BCUT2D eigenvalue weighted by atomic mass is 16.5. The van der Waals surface area contributed by atoms with Gasteiger partial charge in [-0.15, -0.1) is 0 Å². The van der Waals surface area contributed by atoms with E-state index >= 15 is 0 Å². The van der Waals surface area contributed by atoms with Gasteiger partial charge < -0.3 is 25.2 Å². The van der Waals surface area contributed by atoms with Crippen LogP contribution in [0.15, 0.2) is 29.3 Å². The Morgan fingerprint density at radius 2 is 2.04 bits per heavy atom. The van der Waals surface area contributed by atoms with Crippen molar-refractivity contribution in [2.75, 3.05) is 53.4 Å². The van der Waals surface area contributed by atoms with E-state index < -0.39 is 0 Å². The highest BCUT2D eigenvalue weighted by molar-refractivity contribution is 5.80. The number of hydrogen-bond donors (Lipinski definition) is 2. The molecule has 1 unspecified atom stereocenters. The van der Waals surface area contributed by atoms with Gasteiger partial charge in [-0.25, -0.2) is 0 Å². The fraction of sp³-hybridized carbons (Fsp3) is 0.682. The Kier molecular flexibility index (Phi) is 7.18. The number of aliphatic imine (C=N–C) groups is 1. The maximum absolute atomic E-state index is 6.14. The number of ether oxygens (including phenoxy) is 1. The lowest BCUT2D eigenvalue weighted by Gasteiger charge is -2.38. The van der Waals surface area contributed by atoms with E-state index in [0.29, 0.717) is 0 Å². The molecule has 1 atom stereocenters. The van der Waals surface area contributed by atoms with E-state index in [2.05, 4.69) is 64.5 Å². The van der Waals surface area contributed by atoms with Gasteiger partial charge in [-0.05, 0) is 59.4 Å². The largest absolute Gasteiger partial charge is 0.487 e. The molecule has 2 aliphatic rings. The molecule has 2 heterocycles. The number of benzene rings is 1. The molecule has 156 valence electrons. The van der Waals surface area contributed by atoms with Crippen LogP contribution in [0.2, 0.25) is 0 Å². The molecule has 6 nitrogen and oxygen atoms in total. The molecular weight excluding hydrogens is 350 g/mol. The first kappa shape index (κ1) is 20.9. The fourth-order valence-electron chi connectivity index (χ4n) is 4.12. The van der Waals surface area contributed by atoms with Crippen molar-refractivity contribution in [3.05, 3.63) is 29.8 Å². The van der Waals surface area contributed by atoms with E-state index in [9.17, 15) is 0 Å². The van der Waals surface area contributed by atoms with Crippen LogP contribution in [0.5, 0.6) is 5.75 Å². The number of nitrogens with zero attached hydrogens (tertiary/aromatic N) is 3. The number of nitrogens with one attached hydrogen (secondary N) is 2. The van der Waals surface area contributed by atoms with Gasteiger partial charge in [-0.2, -0.15) is 0 Å². The van der Waals surface area contributed by atoms with Crippen LogP contribution in [0.25, 0.3) is 0 Å². The third-order valence-corrected chi connectivity index (χ3v) is 5.67. The molecule has 0 spiro atoms. The lowest BCUT2D eigenvalue weighted by atomic mass is 9.90. The minimum Gasteiger partial charge on any atom is -0.487 e. The monoisotopic (exact) mass is 387 g/mol. The molecule has 0 bridgehead atoms. The Morgan fingerprint density at radius 1 is 1.21 bits per heavy atom. The Labute approximate surface area is 170 Å². The summed E-state index contributed by atoms with van der Waals surface area (Å²) < 4.78 is 6.14. The Morgan fingerprint density at radius 3 is 2.86 bits per heavy atom. The molecule has 1 fully saturated rings. The zero-order chi connectivity index (χ0) is 20.0. The van der Waals surface area contributed by atoms with Crippen molar-refractivity contribution in [2.24, 2.45) is 4.99 Å². The van der Waals surface area contributed by atoms with Gasteiger partial charge in [0.05, 0.1) is 6.04 Å². The lowest BCUT2D eigenvalue weighted by Crippen LogP contribution is -2.45. The van der Waals surface area contributed by atoms with E-state index in [1.54, 1.807) is 0 Å². The molecule has 1 aromatic rings. The number of likely N-dealkylation sites (N-methyl/N-ethyl adjacent to an activating group) is 1. The normalized spacial score (nSPS) is 23.4. The summed E-state index contributed by atoms with van der Waals surface area (Å²) in [6, 6.07) is 8.51. The van der Waals surface area contributed by atoms with Crippen LogP contribution in [-0.2, 0) is 0 Å². The number of para-hydroxylation sites is 1. The van der Waals surface area contributed by atoms with E-state index in [-0.39, 0.29) is 11.6 Å². The van der Waals surface area contributed by atoms with Gasteiger partial charge in [-0.3, -0.25) is 4.99 Å². The maximum atomic E-state index is 6.14. The van der Waals surface area contributed by atoms with Crippen molar-refractivity contribution >= 4 is 5.96 Å². The summed E-state index contributed by atoms with van der Waals surface area (Å²) in [5, 5.41) is 7.11. The maximum Gasteiger partial charge on any atom is 0.191 e. The summed E-state index contributed by atoms with van der Waals surface area (Å²) in [6.45, 7) is 11.1. The molecule has 6 heteroatoms. The first-order chi connectivity index (χ1) is 13.5. The third-order valence-electron chi connectivity index (χ3n) is 5.67. The number of guanidine groups is 1. The van der Waals surface area contributed by atoms with Crippen LogP contribution in [0.3, 0.4) is 0 Å². The van der Waals surface area contributed by atoms with Crippen LogP contribution in [-0.4, -0.2) is 74.7 Å². The Bertz CT molecular complexity index is 660. The standard InChI is InChI=1S/C22H37N5O/c1-22(2)17-19(18-9-5-6-10-20(18)28-22)25-21(23-3)24-11-7-13-27-14-8-12-26(4)15-16-27/h5-6,9-10,19H,7-8,11-17H2,1-4H3,(H2,23,24,25). The molecule has 0 aliphatic carbocycles. The molecule has 2 aliphatic heterocycles. The fourth-order valence-corrected chi connectivity index (χ4v) is 4.12. The highest BCUT2D eigenvalue weighted by Crippen LogP contribution is 2.39. The highest BCUT2D eigenvalue weighted by Gasteiger charge is 2.33. The summed E-state index contributed by atoms with van der Waals surface area (Å²) in [5.41, 5.74) is 1.02. The molecule has 0 aromatic heterocycles. The second-order valence-corrected chi connectivity index (χ2v) is 8.65. The van der Waals surface area contributed by atoms with Gasteiger partial charge in [0.15, 0.2) is 5.96 Å². The third kappa shape index (κ3) is 5.85. The first-order valence-electron chi connectivity index (χ1n) is 10.6. The number of fused-ring (bicyclic) bond motifs is 1. The van der Waals surface area contributed by atoms with Crippen LogP contribution < -0.4 is 15.4 Å². The summed E-state index contributed by atoms with van der Waals surface area (Å²) >= 11 is 0. The van der Waals surface area contributed by atoms with Gasteiger partial charge in [0.2, 0.25) is 0 Å². The van der Waals surface area contributed by atoms with Crippen molar-refractivity contribution in [1.29, 1.82) is 0 Å². The second kappa shape index (κ2) is 9.61. The zero-order valence-electron chi connectivity index (χ0n) is 18.0. The minimum absolute atomic E-state index is 0.190. The molecule has 1 aromatic carbocycles. The molecule has 2 N–H and O–H groups in total. The van der Waals surface area contributed by atoms with Crippen molar-refractivity contribution in [3.63, 3.8) is 0 Å². The average molecular weight is 388 g/mol. The summed E-state index contributed by atoms with van der Waals surface area (Å²) in [5.74, 6) is 1.84. The predicted molar refractivity (Wildman–Crippen MR) is 116 cm³/mol. The van der Waals surface area contributed by atoms with Gasteiger partial charge in [0.1, 0.15) is 11.4 Å². The van der Waals surface area contributed by atoms with Crippen molar-refractivity contribution in [1.82, 2.24) is 20.4 Å². The molecule has 28 heavy (non-hydrogen) atoms. The SMILES string of the molecule is CN=C(NCCCN1CCCN(C)CC1)NC1CC(C)(C)Oc2ccccc21. The molecular formula is C22H37N5O. The quantitative estimate of drug-likeness (QED) is 0.462. The van der Waals surface area contributed by atoms with E-state index in [4.69, 9.17) is 4.74 Å². The van der Waals surface area contributed by atoms with Crippen LogP contribution in [0, 0.1) is 0 Å². The van der Waals surface area contributed by atoms with E-state index in [1.165, 1.54) is 38.2 Å². The zero-order valence-corrected chi connectivity index (χ0v) is 18.0. The smallest absolute Gasteiger partial charge is 0.191 e. The summed E-state index contributed by atoms with van der Waals surface area (Å²) in [4.78, 5) is 9.46. The van der Waals surface area contributed by atoms with Crippen molar-refractivity contribution in [3.8, 4) is 5.75 Å². The topological polar surface area (TPSA) is 52.1 Å². The van der Waals surface area contributed by atoms with Crippen LogP contribution in [0.4, 0.5) is 0 Å². The van der Waals surface area contributed by atoms with E-state index in [1.807, 2.05) is 13.1 Å². The number of hydrogen-bond acceptors (Lipinski definition) is 4. The first-order valence-corrected chi connectivity index (χ1v) is 10.6. The Hall–Kier alpha value is -1.79. The van der Waals surface area contributed by atoms with E-state index in [0.717, 1.165) is 37.6 Å². The summed E-state index contributed by atoms with van der Waals surface area (Å²) in [7, 11) is 4.06. The number of rotatable bonds is 5. The predicted octanol–water partition coefficient (Wildman–Crippen LogP) is 2.48. The molecule has 1 saturated heterocycles. The molecule has 0 amide bonds. The van der Waals surface area contributed by atoms with Gasteiger partial charge in [0, 0.05) is 38.7 Å². The van der Waals surface area contributed by atoms with Crippen molar-refractivity contribution in [2.45, 2.75) is 44.8 Å². The van der Waals surface area contributed by atoms with Crippen molar-refractivity contribution < 1.29 is 4.74 Å². The Balaban J connectivity index is 1.48. The van der Waals surface area contributed by atoms with Gasteiger partial charge >= 0.3 is 0 Å². The average Bonchev–Trinajstić information content (AvgIpc) is 2.87. The molecule has 3 rings (SSSR count). The summed E-state index contributed by atoms with van der Waals surface area (Å²) in [6.07, 6.45) is 3.30. The molecule has 0 radical (unpaired) electrons. The minimum atomic E-state index is -0.190. The van der Waals surface area contributed by atoms with Crippen LogP contribution in [0.1, 0.15) is 44.7 Å². The molecule has 0 saturated carbocycles. The van der Waals surface area contributed by atoms with Crippen LogP contribution >= 0.6 is 0 Å². The lowest BCUT2D eigenvalue weighted by molar-refractivity contribution is 0.0694. The van der Waals surface area contributed by atoms with Gasteiger partial charge in [0.25, 0.3) is 0 Å².